The zero-order chi connectivity index (χ0) is 14.8. The monoisotopic (exact) mass is 300 g/mol. The Morgan fingerprint density at radius 3 is 2.62 bits per heavy atom. The van der Waals surface area contributed by atoms with E-state index in [2.05, 4.69) is 21.6 Å². The first-order valence-electron chi connectivity index (χ1n) is 6.98. The summed E-state index contributed by atoms with van der Waals surface area (Å²) < 4.78 is 4.01. The Bertz CT molecular complexity index is 743. The summed E-state index contributed by atoms with van der Waals surface area (Å²) in [7, 11) is 0. The highest BCUT2D eigenvalue weighted by Gasteiger charge is 2.19. The van der Waals surface area contributed by atoms with Crippen LogP contribution in [0.3, 0.4) is 0 Å². The molecule has 0 aliphatic carbocycles. The van der Waals surface area contributed by atoms with Gasteiger partial charge in [-0.15, -0.1) is 11.6 Å². The van der Waals surface area contributed by atoms with Gasteiger partial charge in [-0.1, -0.05) is 25.1 Å². The molecule has 0 spiro atoms. The van der Waals surface area contributed by atoms with Gasteiger partial charge in [-0.2, -0.15) is 5.10 Å². The maximum Gasteiger partial charge on any atom is 0.146 e. The summed E-state index contributed by atoms with van der Waals surface area (Å²) >= 11 is 6.16. The molecule has 0 saturated heterocycles. The second-order valence-corrected chi connectivity index (χ2v) is 5.10. The molecule has 0 aliphatic rings. The minimum atomic E-state index is 0.426. The number of imidazole rings is 1. The second kappa shape index (κ2) is 5.74. The predicted octanol–water partition coefficient (Wildman–Crippen LogP) is 3.67. The van der Waals surface area contributed by atoms with E-state index >= 15 is 0 Å². The van der Waals surface area contributed by atoms with Crippen LogP contribution in [0.2, 0.25) is 0 Å². The van der Waals surface area contributed by atoms with E-state index in [4.69, 9.17) is 11.6 Å². The molecular formula is C16H17ClN4. The Morgan fingerprint density at radius 1 is 1.19 bits per heavy atom. The van der Waals surface area contributed by atoms with Crippen molar-refractivity contribution in [3.05, 3.63) is 59.8 Å². The Morgan fingerprint density at radius 2 is 1.95 bits per heavy atom. The van der Waals surface area contributed by atoms with Gasteiger partial charge in [0, 0.05) is 24.4 Å². The highest BCUT2D eigenvalue weighted by Crippen LogP contribution is 2.25. The topological polar surface area (TPSA) is 35.6 Å². The average molecular weight is 301 g/mol. The van der Waals surface area contributed by atoms with Crippen LogP contribution in [0.1, 0.15) is 24.0 Å². The molecule has 2 aromatic heterocycles. The largest absolute Gasteiger partial charge is 0.288 e. The van der Waals surface area contributed by atoms with Crippen LogP contribution in [0.5, 0.6) is 0 Å². The van der Waals surface area contributed by atoms with E-state index in [0.717, 1.165) is 35.0 Å². The second-order valence-electron chi connectivity index (χ2n) is 4.84. The van der Waals surface area contributed by atoms with Crippen LogP contribution in [0.25, 0.3) is 11.5 Å². The predicted molar refractivity (Wildman–Crippen MR) is 84.4 cm³/mol. The summed E-state index contributed by atoms with van der Waals surface area (Å²) in [6, 6.07) is 10.1. The lowest BCUT2D eigenvalue weighted by Gasteiger charge is -2.12. The van der Waals surface area contributed by atoms with Gasteiger partial charge in [-0.3, -0.25) is 4.57 Å². The summed E-state index contributed by atoms with van der Waals surface area (Å²) in [6.07, 6.45) is 4.63. The van der Waals surface area contributed by atoms with E-state index in [-0.39, 0.29) is 0 Å². The van der Waals surface area contributed by atoms with E-state index in [1.807, 2.05) is 54.3 Å². The highest BCUT2D eigenvalue weighted by atomic mass is 35.5. The van der Waals surface area contributed by atoms with Crippen molar-refractivity contribution in [2.45, 2.75) is 26.1 Å². The van der Waals surface area contributed by atoms with Gasteiger partial charge in [0.05, 0.1) is 17.3 Å². The number of rotatable bonds is 4. The Balaban J connectivity index is 2.27. The van der Waals surface area contributed by atoms with Crippen molar-refractivity contribution in [1.82, 2.24) is 19.3 Å². The van der Waals surface area contributed by atoms with Gasteiger partial charge in [0.1, 0.15) is 11.6 Å². The van der Waals surface area contributed by atoms with Gasteiger partial charge in [-0.05, 0) is 19.1 Å². The molecular weight excluding hydrogens is 284 g/mol. The van der Waals surface area contributed by atoms with Gasteiger partial charge in [-0.25, -0.2) is 9.67 Å². The fraction of sp³-hybridized carbons (Fsp3) is 0.250. The SMILES string of the molecule is CCc1nccn1-c1c(CCl)c(C)nn1-c1ccccc1. The molecule has 1 aromatic carbocycles. The lowest BCUT2D eigenvalue weighted by Crippen LogP contribution is -2.09. The third kappa shape index (κ3) is 2.36. The maximum absolute atomic E-state index is 6.16. The number of halogens is 1. The first kappa shape index (κ1) is 13.9. The van der Waals surface area contributed by atoms with Gasteiger partial charge < -0.3 is 0 Å². The molecule has 0 amide bonds. The van der Waals surface area contributed by atoms with Gasteiger partial charge in [0.2, 0.25) is 0 Å². The van der Waals surface area contributed by atoms with E-state index in [1.54, 1.807) is 0 Å². The van der Waals surface area contributed by atoms with Crippen molar-refractivity contribution in [2.75, 3.05) is 0 Å². The molecule has 0 aliphatic heterocycles. The lowest BCUT2D eigenvalue weighted by atomic mass is 10.2. The van der Waals surface area contributed by atoms with Gasteiger partial charge in [0.15, 0.2) is 0 Å². The number of para-hydroxylation sites is 1. The standard InChI is InChI=1S/C16H17ClN4/c1-3-15-18-9-10-20(15)16-14(11-17)12(2)19-21(16)13-7-5-4-6-8-13/h4-10H,3,11H2,1-2H3. The van der Waals surface area contributed by atoms with Crippen LogP contribution in [0.4, 0.5) is 0 Å². The molecule has 0 unspecified atom stereocenters. The quantitative estimate of drug-likeness (QED) is 0.689. The van der Waals surface area contributed by atoms with E-state index < -0.39 is 0 Å². The molecule has 4 nitrogen and oxygen atoms in total. The number of aromatic nitrogens is 4. The minimum absolute atomic E-state index is 0.426. The van der Waals surface area contributed by atoms with Crippen LogP contribution < -0.4 is 0 Å². The van der Waals surface area contributed by atoms with Crippen molar-refractivity contribution in [3.8, 4) is 11.5 Å². The van der Waals surface area contributed by atoms with Gasteiger partial charge >= 0.3 is 0 Å². The molecule has 2 heterocycles. The van der Waals surface area contributed by atoms with Crippen molar-refractivity contribution in [2.24, 2.45) is 0 Å². The molecule has 0 N–H and O–H groups in total. The third-order valence-corrected chi connectivity index (χ3v) is 3.82. The molecule has 0 radical (unpaired) electrons. The number of aryl methyl sites for hydroxylation is 2. The molecule has 21 heavy (non-hydrogen) atoms. The number of alkyl halides is 1. The molecule has 0 saturated carbocycles. The Hall–Kier alpha value is -2.07. The zero-order valence-corrected chi connectivity index (χ0v) is 12.9. The van der Waals surface area contributed by atoms with Crippen LogP contribution in [0, 0.1) is 6.92 Å². The van der Waals surface area contributed by atoms with Crippen molar-refractivity contribution < 1.29 is 0 Å². The summed E-state index contributed by atoms with van der Waals surface area (Å²) in [6.45, 7) is 4.08. The molecule has 3 aromatic rings. The number of nitrogens with zero attached hydrogens (tertiary/aromatic N) is 4. The fourth-order valence-corrected chi connectivity index (χ4v) is 2.80. The minimum Gasteiger partial charge on any atom is -0.288 e. The van der Waals surface area contributed by atoms with E-state index in [0.29, 0.717) is 5.88 Å². The number of hydrogen-bond donors (Lipinski definition) is 0. The summed E-state index contributed by atoms with van der Waals surface area (Å²) in [5.41, 5.74) is 3.00. The number of benzene rings is 1. The van der Waals surface area contributed by atoms with Crippen LogP contribution in [-0.2, 0) is 12.3 Å². The summed E-state index contributed by atoms with van der Waals surface area (Å²) in [5, 5.41) is 4.67. The van der Waals surface area contributed by atoms with E-state index in [1.165, 1.54) is 0 Å². The summed E-state index contributed by atoms with van der Waals surface area (Å²) in [5.74, 6) is 2.40. The van der Waals surface area contributed by atoms with Crippen LogP contribution in [0.15, 0.2) is 42.7 Å². The van der Waals surface area contributed by atoms with Crippen molar-refractivity contribution in [3.63, 3.8) is 0 Å². The zero-order valence-electron chi connectivity index (χ0n) is 12.1. The van der Waals surface area contributed by atoms with Crippen molar-refractivity contribution >= 4 is 11.6 Å². The first-order valence-corrected chi connectivity index (χ1v) is 7.52. The lowest BCUT2D eigenvalue weighted by molar-refractivity contribution is 0.780. The molecule has 0 fully saturated rings. The number of hydrogen-bond acceptors (Lipinski definition) is 2. The molecule has 0 bridgehead atoms. The Labute approximate surface area is 129 Å². The molecule has 3 rings (SSSR count). The Kier molecular flexibility index (Phi) is 3.80. The fourth-order valence-electron chi connectivity index (χ4n) is 2.49. The molecule has 0 atom stereocenters. The molecule has 108 valence electrons. The van der Waals surface area contributed by atoms with Gasteiger partial charge in [0.25, 0.3) is 0 Å². The third-order valence-electron chi connectivity index (χ3n) is 3.55. The van der Waals surface area contributed by atoms with E-state index in [9.17, 15) is 0 Å². The summed E-state index contributed by atoms with van der Waals surface area (Å²) in [4.78, 5) is 4.41. The average Bonchev–Trinajstić information content (AvgIpc) is 3.11. The van der Waals surface area contributed by atoms with Crippen molar-refractivity contribution in [1.29, 1.82) is 0 Å². The normalized spacial score (nSPS) is 11.0. The molecule has 5 heteroatoms. The maximum atomic E-state index is 6.16. The smallest absolute Gasteiger partial charge is 0.146 e. The highest BCUT2D eigenvalue weighted by molar-refractivity contribution is 6.17. The first-order chi connectivity index (χ1) is 10.3. The van der Waals surface area contributed by atoms with Crippen LogP contribution in [-0.4, -0.2) is 19.3 Å². The van der Waals surface area contributed by atoms with Crippen LogP contribution >= 0.6 is 11.6 Å².